The molecule has 0 aromatic carbocycles. The van der Waals surface area contributed by atoms with Crippen molar-refractivity contribution in [3.8, 4) is 0 Å². The summed E-state index contributed by atoms with van der Waals surface area (Å²) in [5, 5.41) is 6.18. The molecule has 0 spiro atoms. The van der Waals surface area contributed by atoms with E-state index in [1.807, 2.05) is 6.92 Å². The number of nitrogens with zero attached hydrogens (tertiary/aromatic N) is 1. The van der Waals surface area contributed by atoms with Crippen LogP contribution in [0, 0.1) is 0 Å². The molecule has 0 heterocycles. The zero-order valence-electron chi connectivity index (χ0n) is 13.0. The second kappa shape index (κ2) is 10.9. The van der Waals surface area contributed by atoms with Gasteiger partial charge >= 0.3 is 0 Å². The Hall–Kier alpha value is 0.300. The van der Waals surface area contributed by atoms with E-state index in [1.54, 1.807) is 18.7 Å². The highest BCUT2D eigenvalue weighted by atomic mass is 127. The topological polar surface area (TPSA) is 70.6 Å². The average Bonchev–Trinajstić information content (AvgIpc) is 2.36. The first kappa shape index (κ1) is 22.6. The van der Waals surface area contributed by atoms with Gasteiger partial charge in [0.15, 0.2) is 15.8 Å². The van der Waals surface area contributed by atoms with Crippen LogP contribution in [0.25, 0.3) is 0 Å². The predicted octanol–water partition coefficient (Wildman–Crippen LogP) is 1.74. The zero-order chi connectivity index (χ0) is 14.9. The number of hydrogen-bond donors (Lipinski definition) is 2. The van der Waals surface area contributed by atoms with Crippen LogP contribution in [0.2, 0.25) is 0 Å². The lowest BCUT2D eigenvalue weighted by molar-refractivity contribution is 0.595. The first-order chi connectivity index (χ1) is 8.76. The van der Waals surface area contributed by atoms with E-state index in [0.29, 0.717) is 19.0 Å². The zero-order valence-corrected chi connectivity index (χ0v) is 17.0. The molecule has 122 valence electrons. The molecule has 5 nitrogen and oxygen atoms in total. The van der Waals surface area contributed by atoms with Gasteiger partial charge in [0, 0.05) is 23.6 Å². The van der Waals surface area contributed by atoms with Crippen molar-refractivity contribution >= 4 is 51.5 Å². The van der Waals surface area contributed by atoms with E-state index in [1.165, 1.54) is 0 Å². The summed E-state index contributed by atoms with van der Waals surface area (Å²) in [5.74, 6) is 0.998. The summed E-state index contributed by atoms with van der Waals surface area (Å²) in [5.41, 5.74) is 0. The molecular formula is C12H28IN3O2S2. The lowest BCUT2D eigenvalue weighted by Gasteiger charge is -2.20. The predicted molar refractivity (Wildman–Crippen MR) is 101 cm³/mol. The molecule has 20 heavy (non-hydrogen) atoms. The summed E-state index contributed by atoms with van der Waals surface area (Å²) in [7, 11) is -2.93. The summed E-state index contributed by atoms with van der Waals surface area (Å²) >= 11 is 1.76. The van der Waals surface area contributed by atoms with E-state index < -0.39 is 9.84 Å². The van der Waals surface area contributed by atoms with Crippen LogP contribution in [0.1, 0.15) is 27.7 Å². The highest BCUT2D eigenvalue weighted by Gasteiger charge is 2.15. The Labute approximate surface area is 145 Å². The van der Waals surface area contributed by atoms with Crippen molar-refractivity contribution in [1.82, 2.24) is 10.6 Å². The summed E-state index contributed by atoms with van der Waals surface area (Å²) in [4.78, 5) is 4.48. The van der Waals surface area contributed by atoms with Crippen LogP contribution < -0.4 is 10.6 Å². The normalized spacial score (nSPS) is 12.8. The van der Waals surface area contributed by atoms with Gasteiger partial charge in [-0.1, -0.05) is 6.92 Å². The van der Waals surface area contributed by atoms with Crippen molar-refractivity contribution in [3.05, 3.63) is 0 Å². The fourth-order valence-corrected chi connectivity index (χ4v) is 2.04. The SMILES string of the molecule is CCNC(=NCC(C)(C)SC)NCCS(=O)(=O)CC.I. The van der Waals surface area contributed by atoms with Crippen LogP contribution in [-0.4, -0.2) is 56.5 Å². The standard InChI is InChI=1S/C12H27N3O2S2.HI/c1-6-13-11(15-10-12(3,4)18-5)14-8-9-19(16,17)7-2;/h6-10H2,1-5H3,(H2,13,14,15);1H. The van der Waals surface area contributed by atoms with Crippen molar-refractivity contribution in [2.24, 2.45) is 4.99 Å². The first-order valence-electron chi connectivity index (χ1n) is 6.54. The molecule has 8 heteroatoms. The second-order valence-electron chi connectivity index (χ2n) is 4.82. The number of sulfone groups is 1. The fraction of sp³-hybridized carbons (Fsp3) is 0.917. The largest absolute Gasteiger partial charge is 0.357 e. The molecule has 0 aliphatic rings. The van der Waals surface area contributed by atoms with E-state index >= 15 is 0 Å². The summed E-state index contributed by atoms with van der Waals surface area (Å²) in [6, 6.07) is 0. The van der Waals surface area contributed by atoms with Crippen molar-refractivity contribution in [2.75, 3.05) is 37.4 Å². The number of nitrogens with one attached hydrogen (secondary N) is 2. The van der Waals surface area contributed by atoms with Crippen LogP contribution in [-0.2, 0) is 9.84 Å². The van der Waals surface area contributed by atoms with Crippen LogP contribution in [0.15, 0.2) is 4.99 Å². The molecule has 0 bridgehead atoms. The number of hydrogen-bond acceptors (Lipinski definition) is 4. The van der Waals surface area contributed by atoms with Gasteiger partial charge < -0.3 is 10.6 Å². The van der Waals surface area contributed by atoms with Crippen LogP contribution in [0.3, 0.4) is 0 Å². The molecule has 0 radical (unpaired) electrons. The van der Waals surface area contributed by atoms with Crippen LogP contribution >= 0.6 is 35.7 Å². The molecule has 0 aromatic heterocycles. The van der Waals surface area contributed by atoms with E-state index in [-0.39, 0.29) is 40.2 Å². The summed E-state index contributed by atoms with van der Waals surface area (Å²) < 4.78 is 22.9. The summed E-state index contributed by atoms with van der Waals surface area (Å²) in [6.45, 7) is 9.74. The minimum Gasteiger partial charge on any atom is -0.357 e. The Bertz CT molecular complexity index is 384. The van der Waals surface area contributed by atoms with Crippen molar-refractivity contribution in [1.29, 1.82) is 0 Å². The third-order valence-corrected chi connectivity index (χ3v) is 5.60. The molecule has 0 saturated carbocycles. The lowest BCUT2D eigenvalue weighted by atomic mass is 10.2. The van der Waals surface area contributed by atoms with Gasteiger partial charge in [0.25, 0.3) is 0 Å². The van der Waals surface area contributed by atoms with Gasteiger partial charge in [-0.05, 0) is 27.0 Å². The number of halogens is 1. The molecule has 0 fully saturated rings. The Kier molecular flexibility index (Phi) is 12.4. The van der Waals surface area contributed by atoms with Gasteiger partial charge in [-0.25, -0.2) is 8.42 Å². The minimum atomic E-state index is -2.93. The van der Waals surface area contributed by atoms with E-state index in [0.717, 1.165) is 6.54 Å². The molecule has 0 aromatic rings. The molecule has 0 atom stereocenters. The molecule has 0 amide bonds. The minimum absolute atomic E-state index is 0. The monoisotopic (exact) mass is 437 g/mol. The van der Waals surface area contributed by atoms with Crippen LogP contribution in [0.5, 0.6) is 0 Å². The first-order valence-corrected chi connectivity index (χ1v) is 9.58. The number of guanidine groups is 1. The Morgan fingerprint density at radius 3 is 2.30 bits per heavy atom. The highest BCUT2D eigenvalue weighted by molar-refractivity contribution is 14.0. The molecule has 0 unspecified atom stereocenters. The number of thioether (sulfide) groups is 1. The van der Waals surface area contributed by atoms with E-state index in [4.69, 9.17) is 0 Å². The number of aliphatic imine (C=N–C) groups is 1. The average molecular weight is 437 g/mol. The summed E-state index contributed by atoms with van der Waals surface area (Å²) in [6.07, 6.45) is 2.06. The fourth-order valence-electron chi connectivity index (χ4n) is 1.15. The molecule has 0 aliphatic carbocycles. The molecule has 2 N–H and O–H groups in total. The van der Waals surface area contributed by atoms with Gasteiger partial charge in [0.05, 0.1) is 12.3 Å². The molecule has 0 aliphatic heterocycles. The molecule has 0 rings (SSSR count). The quantitative estimate of drug-likeness (QED) is 0.344. The Morgan fingerprint density at radius 1 is 1.25 bits per heavy atom. The smallest absolute Gasteiger partial charge is 0.191 e. The van der Waals surface area contributed by atoms with E-state index in [2.05, 4.69) is 35.7 Å². The van der Waals surface area contributed by atoms with Crippen molar-refractivity contribution in [2.45, 2.75) is 32.4 Å². The maximum Gasteiger partial charge on any atom is 0.191 e. The van der Waals surface area contributed by atoms with Crippen LogP contribution in [0.4, 0.5) is 0 Å². The second-order valence-corrected chi connectivity index (χ2v) is 8.81. The number of rotatable bonds is 8. The highest BCUT2D eigenvalue weighted by Crippen LogP contribution is 2.20. The Morgan fingerprint density at radius 2 is 1.85 bits per heavy atom. The van der Waals surface area contributed by atoms with Gasteiger partial charge in [0.1, 0.15) is 0 Å². The van der Waals surface area contributed by atoms with Gasteiger partial charge in [0.2, 0.25) is 0 Å². The molecule has 0 saturated heterocycles. The van der Waals surface area contributed by atoms with Gasteiger partial charge in [-0.15, -0.1) is 24.0 Å². The third-order valence-electron chi connectivity index (χ3n) is 2.66. The third kappa shape index (κ3) is 11.0. The molecular weight excluding hydrogens is 409 g/mol. The lowest BCUT2D eigenvalue weighted by Crippen LogP contribution is -2.40. The van der Waals surface area contributed by atoms with E-state index in [9.17, 15) is 8.42 Å². The van der Waals surface area contributed by atoms with Crippen molar-refractivity contribution in [3.63, 3.8) is 0 Å². The van der Waals surface area contributed by atoms with Gasteiger partial charge in [-0.3, -0.25) is 4.99 Å². The van der Waals surface area contributed by atoms with Gasteiger partial charge in [-0.2, -0.15) is 11.8 Å². The maximum atomic E-state index is 11.4. The van der Waals surface area contributed by atoms with Crippen molar-refractivity contribution < 1.29 is 8.42 Å². The maximum absolute atomic E-state index is 11.4. The Balaban J connectivity index is 0.